The fourth-order valence-corrected chi connectivity index (χ4v) is 2.83. The van der Waals surface area contributed by atoms with E-state index in [4.69, 9.17) is 5.73 Å². The van der Waals surface area contributed by atoms with E-state index in [1.54, 1.807) is 6.33 Å². The van der Waals surface area contributed by atoms with Crippen molar-refractivity contribution in [1.29, 1.82) is 0 Å². The Morgan fingerprint density at radius 2 is 1.71 bits per heavy atom. The van der Waals surface area contributed by atoms with E-state index in [0.29, 0.717) is 6.54 Å². The first kappa shape index (κ1) is 14.0. The highest BCUT2D eigenvalue weighted by Gasteiger charge is 2.13. The number of anilines is 1. The summed E-state index contributed by atoms with van der Waals surface area (Å²) in [6, 6.07) is 8.40. The lowest BCUT2D eigenvalue weighted by molar-refractivity contribution is 0.709. The molecule has 110 valence electrons. The van der Waals surface area contributed by atoms with E-state index < -0.39 is 0 Å². The molecule has 0 unspecified atom stereocenters. The van der Waals surface area contributed by atoms with Crippen LogP contribution < -0.4 is 11.1 Å². The van der Waals surface area contributed by atoms with E-state index in [9.17, 15) is 0 Å². The van der Waals surface area contributed by atoms with Crippen molar-refractivity contribution in [1.82, 2.24) is 9.97 Å². The first-order valence-electron chi connectivity index (χ1n) is 7.71. The Labute approximate surface area is 125 Å². The highest BCUT2D eigenvalue weighted by Crippen LogP contribution is 2.24. The predicted molar refractivity (Wildman–Crippen MR) is 85.0 cm³/mol. The zero-order valence-electron chi connectivity index (χ0n) is 12.3. The van der Waals surface area contributed by atoms with Crippen LogP contribution in [0.25, 0.3) is 0 Å². The summed E-state index contributed by atoms with van der Waals surface area (Å²) in [5.74, 6) is 1.00. The molecule has 0 atom stereocenters. The van der Waals surface area contributed by atoms with Crippen molar-refractivity contribution in [3.63, 3.8) is 0 Å². The number of aryl methyl sites for hydroxylation is 1. The number of aromatic nitrogens is 2. The highest BCUT2D eigenvalue weighted by atomic mass is 15.0. The van der Waals surface area contributed by atoms with Crippen LogP contribution in [0.1, 0.15) is 41.6 Å². The summed E-state index contributed by atoms with van der Waals surface area (Å²) in [6.07, 6.45) is 7.62. The lowest BCUT2D eigenvalue weighted by atomic mass is 10.1. The van der Waals surface area contributed by atoms with E-state index >= 15 is 0 Å². The predicted octanol–water partition coefficient (Wildman–Crippen LogP) is 2.82. The van der Waals surface area contributed by atoms with Gasteiger partial charge in [0.15, 0.2) is 0 Å². The zero-order valence-corrected chi connectivity index (χ0v) is 12.3. The van der Waals surface area contributed by atoms with Crippen LogP contribution in [0.5, 0.6) is 0 Å². The Morgan fingerprint density at radius 1 is 0.952 bits per heavy atom. The minimum absolute atomic E-state index is 0.590. The van der Waals surface area contributed by atoms with Gasteiger partial charge in [-0.2, -0.15) is 0 Å². The number of fused-ring (bicyclic) bond motifs is 1. The molecule has 2 aromatic rings. The van der Waals surface area contributed by atoms with Gasteiger partial charge in [-0.05, 0) is 36.8 Å². The average Bonchev–Trinajstić information content (AvgIpc) is 2.79. The molecule has 0 bridgehead atoms. The van der Waals surface area contributed by atoms with Crippen molar-refractivity contribution < 1.29 is 0 Å². The van der Waals surface area contributed by atoms with Gasteiger partial charge in [0.1, 0.15) is 12.1 Å². The second-order valence-corrected chi connectivity index (χ2v) is 5.58. The smallest absolute Gasteiger partial charge is 0.133 e. The third-order valence-electron chi connectivity index (χ3n) is 4.09. The third kappa shape index (κ3) is 3.39. The summed E-state index contributed by atoms with van der Waals surface area (Å²) in [6.45, 7) is 1.38. The van der Waals surface area contributed by atoms with Gasteiger partial charge in [0, 0.05) is 24.3 Å². The molecule has 0 aliphatic heterocycles. The van der Waals surface area contributed by atoms with Crippen molar-refractivity contribution in [2.24, 2.45) is 5.73 Å². The van der Waals surface area contributed by atoms with Crippen molar-refractivity contribution in [2.45, 2.75) is 45.2 Å². The number of nitrogens with zero attached hydrogens (tertiary/aromatic N) is 2. The minimum atomic E-state index is 0.590. The molecule has 21 heavy (non-hydrogen) atoms. The van der Waals surface area contributed by atoms with E-state index in [-0.39, 0.29) is 0 Å². The van der Waals surface area contributed by atoms with E-state index in [1.807, 2.05) is 0 Å². The summed E-state index contributed by atoms with van der Waals surface area (Å²) in [7, 11) is 0. The molecule has 0 fully saturated rings. The summed E-state index contributed by atoms with van der Waals surface area (Å²) in [5.41, 5.74) is 10.6. The van der Waals surface area contributed by atoms with Crippen LogP contribution in [0, 0.1) is 0 Å². The largest absolute Gasteiger partial charge is 0.366 e. The molecule has 0 radical (unpaired) electrons. The molecule has 3 N–H and O–H groups in total. The average molecular weight is 282 g/mol. The van der Waals surface area contributed by atoms with E-state index in [2.05, 4.69) is 39.6 Å². The third-order valence-corrected chi connectivity index (χ3v) is 4.09. The lowest BCUT2D eigenvalue weighted by Crippen LogP contribution is -2.08. The fraction of sp³-hybridized carbons (Fsp3) is 0.412. The standard InChI is InChI=1S/C17H22N4/c18-10-13-6-8-14(9-7-13)11-19-17-15-4-2-1-3-5-16(15)20-12-21-17/h6-9,12H,1-5,10-11,18H2,(H,19,20,21). The highest BCUT2D eigenvalue weighted by molar-refractivity contribution is 5.47. The maximum atomic E-state index is 5.62. The van der Waals surface area contributed by atoms with E-state index in [0.717, 1.165) is 30.8 Å². The number of nitrogens with two attached hydrogens (primary N) is 1. The number of hydrogen-bond acceptors (Lipinski definition) is 4. The van der Waals surface area contributed by atoms with Crippen LogP contribution in [0.3, 0.4) is 0 Å². The quantitative estimate of drug-likeness (QED) is 0.846. The van der Waals surface area contributed by atoms with Crippen LogP contribution in [0.4, 0.5) is 5.82 Å². The van der Waals surface area contributed by atoms with E-state index in [1.165, 1.54) is 36.1 Å². The molecular weight excluding hydrogens is 260 g/mol. The topological polar surface area (TPSA) is 63.8 Å². The van der Waals surface area contributed by atoms with Gasteiger partial charge >= 0.3 is 0 Å². The van der Waals surface area contributed by atoms with Gasteiger partial charge in [0.2, 0.25) is 0 Å². The summed E-state index contributed by atoms with van der Waals surface area (Å²) >= 11 is 0. The molecule has 1 aliphatic carbocycles. The zero-order chi connectivity index (χ0) is 14.5. The van der Waals surface area contributed by atoms with Gasteiger partial charge in [-0.3, -0.25) is 0 Å². The number of nitrogens with one attached hydrogen (secondary N) is 1. The molecule has 3 rings (SSSR count). The molecule has 4 heteroatoms. The molecule has 0 amide bonds. The molecule has 0 saturated heterocycles. The maximum Gasteiger partial charge on any atom is 0.133 e. The molecule has 4 nitrogen and oxygen atoms in total. The minimum Gasteiger partial charge on any atom is -0.366 e. The Kier molecular flexibility index (Phi) is 4.46. The van der Waals surface area contributed by atoms with Gasteiger partial charge in [-0.1, -0.05) is 30.7 Å². The first-order chi connectivity index (χ1) is 10.4. The molecule has 1 aromatic carbocycles. The van der Waals surface area contributed by atoms with Crippen LogP contribution in [-0.2, 0) is 25.9 Å². The Balaban J connectivity index is 1.72. The first-order valence-corrected chi connectivity index (χ1v) is 7.71. The summed E-state index contributed by atoms with van der Waals surface area (Å²) in [4.78, 5) is 8.89. The van der Waals surface area contributed by atoms with Crippen molar-refractivity contribution >= 4 is 5.82 Å². The van der Waals surface area contributed by atoms with Gasteiger partial charge < -0.3 is 11.1 Å². The number of hydrogen-bond donors (Lipinski definition) is 2. The molecule has 1 aromatic heterocycles. The van der Waals surface area contributed by atoms with Gasteiger partial charge in [0.05, 0.1) is 0 Å². The van der Waals surface area contributed by atoms with Gasteiger partial charge in [-0.15, -0.1) is 0 Å². The molecule has 1 heterocycles. The van der Waals surface area contributed by atoms with Crippen LogP contribution in [0.15, 0.2) is 30.6 Å². The van der Waals surface area contributed by atoms with Crippen molar-refractivity contribution in [3.05, 3.63) is 53.0 Å². The van der Waals surface area contributed by atoms with Crippen LogP contribution in [-0.4, -0.2) is 9.97 Å². The lowest BCUT2D eigenvalue weighted by Gasteiger charge is -2.12. The second kappa shape index (κ2) is 6.68. The monoisotopic (exact) mass is 282 g/mol. The Morgan fingerprint density at radius 3 is 2.52 bits per heavy atom. The van der Waals surface area contributed by atoms with Crippen molar-refractivity contribution in [2.75, 3.05) is 5.32 Å². The summed E-state index contributed by atoms with van der Waals surface area (Å²) in [5, 5.41) is 3.47. The molecule has 1 aliphatic rings. The van der Waals surface area contributed by atoms with Gasteiger partial charge in [-0.25, -0.2) is 9.97 Å². The van der Waals surface area contributed by atoms with Gasteiger partial charge in [0.25, 0.3) is 0 Å². The van der Waals surface area contributed by atoms with Crippen LogP contribution in [0.2, 0.25) is 0 Å². The molecular formula is C17H22N4. The Bertz CT molecular complexity index is 592. The number of rotatable bonds is 4. The second-order valence-electron chi connectivity index (χ2n) is 5.58. The molecule has 0 saturated carbocycles. The van der Waals surface area contributed by atoms with Crippen molar-refractivity contribution in [3.8, 4) is 0 Å². The fourth-order valence-electron chi connectivity index (χ4n) is 2.83. The molecule has 0 spiro atoms. The Hall–Kier alpha value is -1.94. The number of benzene rings is 1. The SMILES string of the molecule is NCc1ccc(CNc2ncnc3c2CCCCC3)cc1. The summed E-state index contributed by atoms with van der Waals surface area (Å²) < 4.78 is 0. The maximum absolute atomic E-state index is 5.62. The van der Waals surface area contributed by atoms with Crippen LogP contribution >= 0.6 is 0 Å². The normalized spacial score (nSPS) is 14.3.